The van der Waals surface area contributed by atoms with Crippen LogP contribution in [0.2, 0.25) is 0 Å². The van der Waals surface area contributed by atoms with Crippen LogP contribution in [0.1, 0.15) is 11.7 Å². The summed E-state index contributed by atoms with van der Waals surface area (Å²) in [5.41, 5.74) is -0.0252. The molecule has 0 saturated carbocycles. The quantitative estimate of drug-likeness (QED) is 0.467. The number of hydrogen-bond donors (Lipinski definition) is 4. The molecule has 1 rings (SSSR count). The number of benzene rings is 1. The molecule has 0 saturated heterocycles. The molecule has 15 heavy (non-hydrogen) atoms. The SMILES string of the molecule is Oc1cc(C(O)C(Cl)(Cl)Cl)cc(O)c1O. The Balaban J connectivity index is 3.17. The number of rotatable bonds is 1. The van der Waals surface area contributed by atoms with E-state index in [0.717, 1.165) is 12.1 Å². The zero-order chi connectivity index (χ0) is 11.8. The van der Waals surface area contributed by atoms with Crippen LogP contribution in [0.15, 0.2) is 12.1 Å². The first-order chi connectivity index (χ1) is 6.73. The van der Waals surface area contributed by atoms with E-state index in [0.29, 0.717) is 0 Å². The summed E-state index contributed by atoms with van der Waals surface area (Å²) in [6.07, 6.45) is -1.53. The highest BCUT2D eigenvalue weighted by Crippen LogP contribution is 2.44. The summed E-state index contributed by atoms with van der Waals surface area (Å²) in [5.74, 6) is -1.92. The highest BCUT2D eigenvalue weighted by Gasteiger charge is 2.33. The Morgan fingerprint density at radius 2 is 1.40 bits per heavy atom. The molecule has 0 bridgehead atoms. The van der Waals surface area contributed by atoms with E-state index >= 15 is 0 Å². The third kappa shape index (κ3) is 2.72. The molecule has 0 spiro atoms. The van der Waals surface area contributed by atoms with E-state index in [2.05, 4.69) is 0 Å². The van der Waals surface area contributed by atoms with Gasteiger partial charge < -0.3 is 20.4 Å². The van der Waals surface area contributed by atoms with Crippen molar-refractivity contribution in [2.75, 3.05) is 0 Å². The van der Waals surface area contributed by atoms with Crippen LogP contribution in [0, 0.1) is 0 Å². The fourth-order valence-corrected chi connectivity index (χ4v) is 1.35. The number of alkyl halides is 3. The first-order valence-corrected chi connectivity index (χ1v) is 4.86. The molecule has 4 nitrogen and oxygen atoms in total. The van der Waals surface area contributed by atoms with Gasteiger partial charge in [0.2, 0.25) is 3.79 Å². The summed E-state index contributed by atoms with van der Waals surface area (Å²) in [6, 6.07) is 1.98. The van der Waals surface area contributed by atoms with Gasteiger partial charge in [-0.25, -0.2) is 0 Å². The summed E-state index contributed by atoms with van der Waals surface area (Å²) >= 11 is 16.3. The Bertz CT molecular complexity index is 352. The van der Waals surface area contributed by atoms with Crippen LogP contribution < -0.4 is 0 Å². The van der Waals surface area contributed by atoms with Crippen molar-refractivity contribution in [3.05, 3.63) is 17.7 Å². The molecule has 0 fully saturated rings. The van der Waals surface area contributed by atoms with E-state index in [1.807, 2.05) is 0 Å². The normalized spacial score (nSPS) is 13.9. The van der Waals surface area contributed by atoms with E-state index in [-0.39, 0.29) is 5.56 Å². The highest BCUT2D eigenvalue weighted by molar-refractivity contribution is 6.68. The smallest absolute Gasteiger partial charge is 0.220 e. The van der Waals surface area contributed by atoms with Crippen molar-refractivity contribution >= 4 is 34.8 Å². The summed E-state index contributed by atoms with van der Waals surface area (Å²) < 4.78 is -1.99. The standard InChI is InChI=1S/C8H7Cl3O4/c9-8(10,11)7(15)3-1-4(12)6(14)5(13)2-3/h1-2,7,12-15H. The molecule has 0 aliphatic rings. The first-order valence-electron chi connectivity index (χ1n) is 3.73. The van der Waals surface area contributed by atoms with Crippen molar-refractivity contribution in [3.8, 4) is 17.2 Å². The largest absolute Gasteiger partial charge is 0.504 e. The number of phenolic OH excluding ortho intramolecular Hbond substituents is 3. The number of aliphatic hydroxyl groups excluding tert-OH is 1. The molecule has 0 aliphatic carbocycles. The monoisotopic (exact) mass is 272 g/mol. The van der Waals surface area contributed by atoms with Crippen molar-refractivity contribution in [3.63, 3.8) is 0 Å². The summed E-state index contributed by atoms with van der Waals surface area (Å²) in [5, 5.41) is 36.8. The molecule has 1 atom stereocenters. The fourth-order valence-electron chi connectivity index (χ4n) is 0.972. The number of hydrogen-bond acceptors (Lipinski definition) is 4. The second-order valence-corrected chi connectivity index (χ2v) is 5.22. The molecule has 1 aromatic carbocycles. The molecular formula is C8H7Cl3O4. The van der Waals surface area contributed by atoms with Gasteiger partial charge >= 0.3 is 0 Å². The Hall–Kier alpha value is -0.550. The molecular weight excluding hydrogens is 266 g/mol. The maximum Gasteiger partial charge on any atom is 0.220 e. The second kappa shape index (κ2) is 4.14. The lowest BCUT2D eigenvalue weighted by atomic mass is 10.1. The average molecular weight is 273 g/mol. The maximum absolute atomic E-state index is 9.50. The molecule has 0 aromatic heterocycles. The minimum absolute atomic E-state index is 0.0252. The van der Waals surface area contributed by atoms with E-state index in [9.17, 15) is 5.11 Å². The molecule has 0 radical (unpaired) electrons. The Kier molecular flexibility index (Phi) is 3.45. The van der Waals surface area contributed by atoms with Gasteiger partial charge in [0.25, 0.3) is 0 Å². The van der Waals surface area contributed by atoms with Gasteiger partial charge in [-0.1, -0.05) is 34.8 Å². The van der Waals surface area contributed by atoms with E-state index in [1.54, 1.807) is 0 Å². The molecule has 0 heterocycles. The minimum Gasteiger partial charge on any atom is -0.504 e. The van der Waals surface area contributed by atoms with Gasteiger partial charge in [0, 0.05) is 0 Å². The Labute approximate surface area is 100 Å². The van der Waals surface area contributed by atoms with Gasteiger partial charge in [-0.3, -0.25) is 0 Å². The molecule has 84 valence electrons. The lowest BCUT2D eigenvalue weighted by molar-refractivity contribution is 0.181. The number of aliphatic hydroxyl groups is 1. The van der Waals surface area contributed by atoms with Crippen molar-refractivity contribution in [2.24, 2.45) is 0 Å². The van der Waals surface area contributed by atoms with E-state index in [1.165, 1.54) is 0 Å². The van der Waals surface area contributed by atoms with Crippen molar-refractivity contribution in [1.29, 1.82) is 0 Å². The number of phenols is 3. The van der Waals surface area contributed by atoms with Crippen LogP contribution >= 0.6 is 34.8 Å². The van der Waals surface area contributed by atoms with Crippen molar-refractivity contribution in [1.82, 2.24) is 0 Å². The lowest BCUT2D eigenvalue weighted by Gasteiger charge is -2.19. The highest BCUT2D eigenvalue weighted by atomic mass is 35.6. The third-order valence-corrected chi connectivity index (χ3v) is 2.34. The van der Waals surface area contributed by atoms with Crippen LogP contribution in [-0.4, -0.2) is 24.2 Å². The van der Waals surface area contributed by atoms with Crippen LogP contribution in [-0.2, 0) is 0 Å². The summed E-state index contributed by atoms with van der Waals surface area (Å²) in [4.78, 5) is 0. The van der Waals surface area contributed by atoms with Crippen LogP contribution in [0.4, 0.5) is 0 Å². The van der Waals surface area contributed by atoms with Crippen molar-refractivity contribution in [2.45, 2.75) is 9.90 Å². The lowest BCUT2D eigenvalue weighted by Crippen LogP contribution is -2.16. The minimum atomic E-state index is -1.99. The molecule has 0 amide bonds. The van der Waals surface area contributed by atoms with Gasteiger partial charge in [-0.15, -0.1) is 0 Å². The molecule has 7 heteroatoms. The zero-order valence-electron chi connectivity index (χ0n) is 7.15. The second-order valence-electron chi connectivity index (χ2n) is 2.85. The summed E-state index contributed by atoms with van der Waals surface area (Å²) in [7, 11) is 0. The molecule has 4 N–H and O–H groups in total. The van der Waals surface area contributed by atoms with Gasteiger partial charge in [-0.2, -0.15) is 0 Å². The Morgan fingerprint density at radius 1 is 1.00 bits per heavy atom. The van der Waals surface area contributed by atoms with E-state index in [4.69, 9.17) is 50.1 Å². The van der Waals surface area contributed by atoms with Crippen LogP contribution in [0.25, 0.3) is 0 Å². The first kappa shape index (κ1) is 12.5. The number of aromatic hydroxyl groups is 3. The van der Waals surface area contributed by atoms with Crippen LogP contribution in [0.3, 0.4) is 0 Å². The average Bonchev–Trinajstić information content (AvgIpc) is 2.10. The Morgan fingerprint density at radius 3 is 1.73 bits per heavy atom. The summed E-state index contributed by atoms with van der Waals surface area (Å²) in [6.45, 7) is 0. The van der Waals surface area contributed by atoms with Crippen molar-refractivity contribution < 1.29 is 20.4 Å². The fraction of sp³-hybridized carbons (Fsp3) is 0.250. The van der Waals surface area contributed by atoms with Gasteiger partial charge in [0.15, 0.2) is 17.2 Å². The molecule has 1 unspecified atom stereocenters. The number of halogens is 3. The van der Waals surface area contributed by atoms with E-state index < -0.39 is 27.1 Å². The predicted molar refractivity (Wildman–Crippen MR) is 56.7 cm³/mol. The van der Waals surface area contributed by atoms with Gasteiger partial charge in [-0.05, 0) is 17.7 Å². The maximum atomic E-state index is 9.50. The van der Waals surface area contributed by atoms with Gasteiger partial charge in [0.05, 0.1) is 0 Å². The molecule has 0 aliphatic heterocycles. The predicted octanol–water partition coefficient (Wildman–Crippen LogP) is 2.21. The third-order valence-electron chi connectivity index (χ3n) is 1.72. The van der Waals surface area contributed by atoms with Gasteiger partial charge in [0.1, 0.15) is 6.10 Å². The zero-order valence-corrected chi connectivity index (χ0v) is 9.42. The molecule has 1 aromatic rings. The topological polar surface area (TPSA) is 80.9 Å². The van der Waals surface area contributed by atoms with Crippen LogP contribution in [0.5, 0.6) is 17.2 Å².